The van der Waals surface area contributed by atoms with E-state index < -0.39 is 40.4 Å². The largest absolute Gasteiger partial charge is 0.357 e. The summed E-state index contributed by atoms with van der Waals surface area (Å²) in [6.07, 6.45) is 0.291. The van der Waals surface area contributed by atoms with Crippen LogP contribution in [-0.4, -0.2) is 63.2 Å². The molecule has 0 aromatic heterocycles. The monoisotopic (exact) mass is 498 g/mol. The summed E-state index contributed by atoms with van der Waals surface area (Å²) >= 11 is 5.95. The first-order valence-corrected chi connectivity index (χ1v) is 12.0. The zero-order valence-corrected chi connectivity index (χ0v) is 20.5. The van der Waals surface area contributed by atoms with Crippen molar-refractivity contribution in [2.75, 3.05) is 32.0 Å². The molecule has 0 aliphatic heterocycles. The van der Waals surface area contributed by atoms with Gasteiger partial charge in [0, 0.05) is 32.7 Å². The number of hydrogen-bond acceptors (Lipinski definition) is 4. The summed E-state index contributed by atoms with van der Waals surface area (Å²) in [5.74, 6) is -1.85. The van der Waals surface area contributed by atoms with Gasteiger partial charge in [0.05, 0.1) is 5.69 Å². The summed E-state index contributed by atoms with van der Waals surface area (Å²) in [5, 5.41) is 3.05. The maximum atomic E-state index is 14.6. The van der Waals surface area contributed by atoms with E-state index in [2.05, 4.69) is 5.32 Å². The summed E-state index contributed by atoms with van der Waals surface area (Å²) in [7, 11) is -0.182. The van der Waals surface area contributed by atoms with Crippen LogP contribution in [-0.2, 0) is 26.3 Å². The smallest absolute Gasteiger partial charge is 0.304 e. The number of likely N-dealkylation sites (N-methyl/N-ethyl adjacent to an activating group) is 1. The Balaban J connectivity index is 2.50. The summed E-state index contributed by atoms with van der Waals surface area (Å²) in [6, 6.07) is 11.2. The molecule has 0 aliphatic carbocycles. The number of carbonyl (C=O) groups is 2. The molecule has 0 saturated carbocycles. The molecule has 1 atom stereocenters. The van der Waals surface area contributed by atoms with Crippen LogP contribution in [0.2, 0.25) is 5.02 Å². The SMILES string of the molecule is CC[C@@H](C(=O)NC)N(Cc1ccc(Cl)cc1)C(=O)CN(c1ccccc1F)S(=O)(=O)N(C)C. The zero-order valence-electron chi connectivity index (χ0n) is 19.0. The topological polar surface area (TPSA) is 90.0 Å². The Kier molecular flexibility index (Phi) is 9.21. The molecule has 0 aliphatic rings. The normalized spacial score (nSPS) is 12.3. The Morgan fingerprint density at radius 2 is 1.70 bits per heavy atom. The summed E-state index contributed by atoms with van der Waals surface area (Å²) in [4.78, 5) is 27.3. The van der Waals surface area contributed by atoms with Gasteiger partial charge in [0.15, 0.2) is 0 Å². The predicted molar refractivity (Wildman–Crippen MR) is 127 cm³/mol. The first-order chi connectivity index (χ1) is 15.5. The number of hydrogen-bond donors (Lipinski definition) is 1. The maximum absolute atomic E-state index is 14.6. The van der Waals surface area contributed by atoms with Crippen molar-refractivity contribution in [2.24, 2.45) is 0 Å². The van der Waals surface area contributed by atoms with Gasteiger partial charge in [0.25, 0.3) is 0 Å². The van der Waals surface area contributed by atoms with Crippen LogP contribution in [0.4, 0.5) is 10.1 Å². The molecule has 0 unspecified atom stereocenters. The second kappa shape index (κ2) is 11.4. The minimum atomic E-state index is -4.22. The van der Waals surface area contributed by atoms with Crippen LogP contribution in [0.25, 0.3) is 0 Å². The fourth-order valence-corrected chi connectivity index (χ4v) is 4.42. The molecular weight excluding hydrogens is 471 g/mol. The number of para-hydroxylation sites is 1. The third-order valence-corrected chi connectivity index (χ3v) is 7.10. The van der Waals surface area contributed by atoms with E-state index in [9.17, 15) is 22.4 Å². The Morgan fingerprint density at radius 3 is 2.21 bits per heavy atom. The Hall–Kier alpha value is -2.69. The van der Waals surface area contributed by atoms with Gasteiger partial charge in [-0.3, -0.25) is 9.59 Å². The maximum Gasteiger partial charge on any atom is 0.304 e. The molecule has 33 heavy (non-hydrogen) atoms. The lowest BCUT2D eigenvalue weighted by Crippen LogP contribution is -2.53. The van der Waals surface area contributed by atoms with Gasteiger partial charge in [-0.2, -0.15) is 12.7 Å². The summed E-state index contributed by atoms with van der Waals surface area (Å²) < 4.78 is 42.1. The predicted octanol–water partition coefficient (Wildman–Crippen LogP) is 2.65. The van der Waals surface area contributed by atoms with E-state index >= 15 is 0 Å². The number of nitrogens with one attached hydrogen (secondary N) is 1. The lowest BCUT2D eigenvalue weighted by atomic mass is 10.1. The Bertz CT molecular complexity index is 1080. The van der Waals surface area contributed by atoms with Crippen molar-refractivity contribution in [3.8, 4) is 0 Å². The fraction of sp³-hybridized carbons (Fsp3) is 0.364. The number of benzene rings is 2. The van der Waals surface area contributed by atoms with Crippen molar-refractivity contribution in [3.63, 3.8) is 0 Å². The van der Waals surface area contributed by atoms with E-state index in [0.717, 1.165) is 10.4 Å². The molecule has 0 heterocycles. The van der Waals surface area contributed by atoms with Gasteiger partial charge in [0.1, 0.15) is 18.4 Å². The lowest BCUT2D eigenvalue weighted by molar-refractivity contribution is -0.140. The van der Waals surface area contributed by atoms with Crippen molar-refractivity contribution in [3.05, 3.63) is 64.9 Å². The molecule has 180 valence electrons. The van der Waals surface area contributed by atoms with Crippen molar-refractivity contribution in [1.82, 2.24) is 14.5 Å². The van der Waals surface area contributed by atoms with Crippen LogP contribution < -0.4 is 9.62 Å². The standard InChI is InChI=1S/C22H28ClFN4O4S/c1-5-19(22(30)25-2)27(14-16-10-12-17(23)13-11-16)21(29)15-28(33(31,32)26(3)4)20-9-7-6-8-18(20)24/h6-13,19H,5,14-15H2,1-4H3,(H,25,30)/t19-/m0/s1. The van der Waals surface area contributed by atoms with Gasteiger partial charge in [0.2, 0.25) is 11.8 Å². The molecule has 0 fully saturated rings. The molecule has 8 nitrogen and oxygen atoms in total. The first-order valence-electron chi connectivity index (χ1n) is 10.2. The molecule has 0 bridgehead atoms. The lowest BCUT2D eigenvalue weighted by Gasteiger charge is -2.33. The second-order valence-electron chi connectivity index (χ2n) is 7.43. The molecule has 2 rings (SSSR count). The van der Waals surface area contributed by atoms with Crippen LogP contribution in [0.1, 0.15) is 18.9 Å². The quantitative estimate of drug-likeness (QED) is 0.545. The molecule has 0 radical (unpaired) electrons. The molecule has 2 amide bonds. The van der Waals surface area contributed by atoms with Gasteiger partial charge in [-0.25, -0.2) is 8.70 Å². The molecule has 11 heteroatoms. The fourth-order valence-electron chi connectivity index (χ4n) is 3.23. The van der Waals surface area contributed by atoms with Crippen molar-refractivity contribution in [2.45, 2.75) is 25.9 Å². The van der Waals surface area contributed by atoms with Gasteiger partial charge in [-0.15, -0.1) is 0 Å². The minimum Gasteiger partial charge on any atom is -0.357 e. The van der Waals surface area contributed by atoms with E-state index in [4.69, 9.17) is 11.6 Å². The van der Waals surface area contributed by atoms with E-state index in [0.29, 0.717) is 21.3 Å². The van der Waals surface area contributed by atoms with Crippen LogP contribution >= 0.6 is 11.6 Å². The summed E-state index contributed by atoms with van der Waals surface area (Å²) in [5.41, 5.74) is 0.432. The first kappa shape index (κ1) is 26.6. The molecule has 0 saturated heterocycles. The average Bonchev–Trinajstić information content (AvgIpc) is 2.78. The minimum absolute atomic E-state index is 0.0368. The van der Waals surface area contributed by atoms with Crippen molar-refractivity contribution >= 4 is 39.3 Å². The van der Waals surface area contributed by atoms with Crippen LogP contribution in [0.3, 0.4) is 0 Å². The van der Waals surface area contributed by atoms with Crippen LogP contribution in [0, 0.1) is 5.82 Å². The number of carbonyl (C=O) groups excluding carboxylic acids is 2. The van der Waals surface area contributed by atoms with Gasteiger partial charge < -0.3 is 10.2 Å². The van der Waals surface area contributed by atoms with Crippen molar-refractivity contribution < 1.29 is 22.4 Å². The molecule has 2 aromatic carbocycles. The Morgan fingerprint density at radius 1 is 1.09 bits per heavy atom. The highest BCUT2D eigenvalue weighted by atomic mass is 35.5. The molecule has 2 aromatic rings. The van der Waals surface area contributed by atoms with E-state index in [1.165, 1.54) is 44.2 Å². The van der Waals surface area contributed by atoms with E-state index in [1.54, 1.807) is 31.2 Å². The molecular formula is C22H28ClFN4O4S. The number of halogens is 2. The summed E-state index contributed by atoms with van der Waals surface area (Å²) in [6.45, 7) is 1.09. The average molecular weight is 499 g/mol. The highest BCUT2D eigenvalue weighted by Crippen LogP contribution is 2.24. The third kappa shape index (κ3) is 6.43. The van der Waals surface area contributed by atoms with Crippen molar-refractivity contribution in [1.29, 1.82) is 0 Å². The van der Waals surface area contributed by atoms with Gasteiger partial charge >= 0.3 is 10.2 Å². The van der Waals surface area contributed by atoms with Crippen LogP contribution in [0.15, 0.2) is 48.5 Å². The van der Waals surface area contributed by atoms with Gasteiger partial charge in [-0.05, 0) is 36.2 Å². The second-order valence-corrected chi connectivity index (χ2v) is 9.94. The number of amides is 2. The highest BCUT2D eigenvalue weighted by molar-refractivity contribution is 7.90. The third-order valence-electron chi connectivity index (χ3n) is 5.04. The highest BCUT2D eigenvalue weighted by Gasteiger charge is 2.34. The molecule has 1 N–H and O–H groups in total. The number of rotatable bonds is 10. The van der Waals surface area contributed by atoms with Gasteiger partial charge in [-0.1, -0.05) is 42.8 Å². The van der Waals surface area contributed by atoms with Crippen LogP contribution in [0.5, 0.6) is 0 Å². The molecule has 0 spiro atoms. The van der Waals surface area contributed by atoms with E-state index in [-0.39, 0.29) is 12.2 Å². The Labute approximate surface area is 199 Å². The zero-order chi connectivity index (χ0) is 24.8. The number of nitrogens with zero attached hydrogens (tertiary/aromatic N) is 3. The number of anilines is 1. The van der Waals surface area contributed by atoms with E-state index in [1.807, 2.05) is 0 Å².